The van der Waals surface area contributed by atoms with Gasteiger partial charge in [-0.3, -0.25) is 4.79 Å². The third-order valence-corrected chi connectivity index (χ3v) is 5.89. The van der Waals surface area contributed by atoms with Gasteiger partial charge in [-0.1, -0.05) is 23.4 Å². The number of fused-ring (bicyclic) bond motifs is 2. The summed E-state index contributed by atoms with van der Waals surface area (Å²) in [6.07, 6.45) is 3.46. The van der Waals surface area contributed by atoms with Gasteiger partial charge in [-0.05, 0) is 56.6 Å². The quantitative estimate of drug-likeness (QED) is 0.444. The number of carbonyl (C=O) groups is 1. The maximum atomic E-state index is 12.8. The van der Waals surface area contributed by atoms with Gasteiger partial charge in [0.1, 0.15) is 12.3 Å². The Balaban J connectivity index is 1.45. The van der Waals surface area contributed by atoms with Crippen molar-refractivity contribution in [2.24, 2.45) is 5.16 Å². The molecule has 0 bridgehead atoms. The normalized spacial score (nSPS) is 20.9. The number of nitriles is 1. The minimum absolute atomic E-state index is 0.220. The van der Waals surface area contributed by atoms with Crippen LogP contribution in [0.1, 0.15) is 36.0 Å². The van der Waals surface area contributed by atoms with E-state index >= 15 is 0 Å². The van der Waals surface area contributed by atoms with E-state index in [1.807, 2.05) is 24.3 Å². The molecule has 1 amide bonds. The fourth-order valence-corrected chi connectivity index (χ4v) is 4.36. The van der Waals surface area contributed by atoms with Crippen molar-refractivity contribution in [3.63, 3.8) is 0 Å². The van der Waals surface area contributed by atoms with E-state index < -0.39 is 0 Å². The lowest BCUT2D eigenvalue weighted by molar-refractivity contribution is -0.110. The Hall–Kier alpha value is -3.63. The van der Waals surface area contributed by atoms with Crippen molar-refractivity contribution in [3.05, 3.63) is 64.9 Å². The summed E-state index contributed by atoms with van der Waals surface area (Å²) in [5.74, 6) is -0.220. The number of oxime groups is 1. The zero-order valence-electron chi connectivity index (χ0n) is 17.1. The van der Waals surface area contributed by atoms with Crippen LogP contribution in [0.15, 0.2) is 53.3 Å². The van der Waals surface area contributed by atoms with Crippen molar-refractivity contribution in [2.75, 3.05) is 36.9 Å². The molecule has 3 aliphatic rings. The Bertz CT molecular complexity index is 1140. The molecule has 2 aromatic carbocycles. The number of hydrogen-bond acceptors (Lipinski definition) is 6. The first-order valence-corrected chi connectivity index (χ1v) is 10.6. The summed E-state index contributed by atoms with van der Waals surface area (Å²) in [4.78, 5) is 21.0. The molecule has 0 aromatic heterocycles. The summed E-state index contributed by atoms with van der Waals surface area (Å²) in [5.41, 5.74) is 5.34. The molecule has 0 radical (unpaired) electrons. The van der Waals surface area contributed by atoms with E-state index in [1.54, 1.807) is 18.2 Å². The highest BCUT2D eigenvalue weighted by Gasteiger charge is 2.34. The molecule has 0 unspecified atom stereocenters. The first-order chi connectivity index (χ1) is 15.2. The Morgan fingerprint density at radius 1 is 1.06 bits per heavy atom. The SMILES string of the molecule is N#Cc1ccc2c(c1)/C(=C1/Nc3ccccc3/C1=N\OCCCN1CCCC1)C(=O)N2. The number of nitrogens with zero attached hydrogens (tertiary/aromatic N) is 3. The summed E-state index contributed by atoms with van der Waals surface area (Å²) in [7, 11) is 0. The molecule has 1 saturated heterocycles. The van der Waals surface area contributed by atoms with Crippen molar-refractivity contribution >= 4 is 28.6 Å². The number of likely N-dealkylation sites (tertiary alicyclic amines) is 1. The monoisotopic (exact) mass is 413 g/mol. The number of nitrogens with one attached hydrogen (secondary N) is 2. The van der Waals surface area contributed by atoms with Crippen molar-refractivity contribution in [1.29, 1.82) is 5.26 Å². The number of para-hydroxylation sites is 1. The van der Waals surface area contributed by atoms with Crippen LogP contribution < -0.4 is 10.6 Å². The van der Waals surface area contributed by atoms with Crippen LogP contribution in [0.3, 0.4) is 0 Å². The van der Waals surface area contributed by atoms with Crippen LogP contribution in [-0.4, -0.2) is 42.8 Å². The van der Waals surface area contributed by atoms with E-state index in [-0.39, 0.29) is 5.91 Å². The Labute approximate surface area is 181 Å². The van der Waals surface area contributed by atoms with Crippen molar-refractivity contribution in [1.82, 2.24) is 4.90 Å². The van der Waals surface area contributed by atoms with Gasteiger partial charge in [0.15, 0.2) is 0 Å². The zero-order chi connectivity index (χ0) is 21.2. The average molecular weight is 413 g/mol. The van der Waals surface area contributed by atoms with Crippen LogP contribution in [-0.2, 0) is 9.63 Å². The van der Waals surface area contributed by atoms with Crippen LogP contribution in [0.4, 0.5) is 11.4 Å². The first-order valence-electron chi connectivity index (χ1n) is 10.6. The van der Waals surface area contributed by atoms with Gasteiger partial charge < -0.3 is 20.4 Å². The number of amides is 1. The van der Waals surface area contributed by atoms with E-state index in [0.29, 0.717) is 40.4 Å². The largest absolute Gasteiger partial charge is 0.395 e. The number of carbonyl (C=O) groups excluding carboxylic acids is 1. The van der Waals surface area contributed by atoms with Gasteiger partial charge >= 0.3 is 0 Å². The fraction of sp³-hybridized carbons (Fsp3) is 0.292. The topological polar surface area (TPSA) is 89.8 Å². The maximum absolute atomic E-state index is 12.8. The van der Waals surface area contributed by atoms with Crippen LogP contribution in [0, 0.1) is 11.3 Å². The lowest BCUT2D eigenvalue weighted by atomic mass is 10.00. The van der Waals surface area contributed by atoms with E-state index in [4.69, 9.17) is 4.84 Å². The fourth-order valence-electron chi connectivity index (χ4n) is 4.36. The van der Waals surface area contributed by atoms with Crippen LogP contribution in [0.2, 0.25) is 0 Å². The molecule has 5 rings (SSSR count). The molecule has 31 heavy (non-hydrogen) atoms. The highest BCUT2D eigenvalue weighted by molar-refractivity contribution is 6.39. The second-order valence-electron chi connectivity index (χ2n) is 7.92. The Morgan fingerprint density at radius 3 is 2.71 bits per heavy atom. The minimum Gasteiger partial charge on any atom is -0.395 e. The smallest absolute Gasteiger partial charge is 0.258 e. The molecule has 1 fully saturated rings. The number of anilines is 2. The second-order valence-corrected chi connectivity index (χ2v) is 7.92. The molecule has 0 atom stereocenters. The van der Waals surface area contributed by atoms with Gasteiger partial charge in [0.25, 0.3) is 5.91 Å². The molecule has 0 spiro atoms. The van der Waals surface area contributed by atoms with Gasteiger partial charge in [-0.25, -0.2) is 0 Å². The molecule has 156 valence electrons. The zero-order valence-corrected chi connectivity index (χ0v) is 17.1. The highest BCUT2D eigenvalue weighted by Crippen LogP contribution is 2.39. The van der Waals surface area contributed by atoms with E-state index in [9.17, 15) is 10.1 Å². The Morgan fingerprint density at radius 2 is 1.87 bits per heavy atom. The molecular weight excluding hydrogens is 390 g/mol. The van der Waals surface area contributed by atoms with Gasteiger partial charge in [0, 0.05) is 29.0 Å². The van der Waals surface area contributed by atoms with Crippen molar-refractivity contribution in [3.8, 4) is 6.07 Å². The highest BCUT2D eigenvalue weighted by atomic mass is 16.6. The van der Waals surface area contributed by atoms with Gasteiger partial charge in [-0.15, -0.1) is 0 Å². The third kappa shape index (κ3) is 3.66. The van der Waals surface area contributed by atoms with E-state index in [2.05, 4.69) is 26.8 Å². The summed E-state index contributed by atoms with van der Waals surface area (Å²) in [5, 5.41) is 19.9. The maximum Gasteiger partial charge on any atom is 0.258 e. The standard InChI is InChI=1S/C24H23N5O2/c25-15-16-8-9-20-18(14-16)21(24(30)27-20)23-22(17-6-1-2-7-19(17)26-23)28-31-13-5-12-29-10-3-4-11-29/h1-2,6-9,14,26H,3-5,10-13H2,(H,27,30)/b23-21-,28-22+. The molecule has 2 N–H and O–H groups in total. The van der Waals surface area contributed by atoms with Crippen LogP contribution >= 0.6 is 0 Å². The number of allylic oxidation sites excluding steroid dienone is 1. The molecule has 2 aromatic rings. The van der Waals surface area contributed by atoms with Crippen LogP contribution in [0.5, 0.6) is 0 Å². The van der Waals surface area contributed by atoms with Crippen molar-refractivity contribution in [2.45, 2.75) is 19.3 Å². The van der Waals surface area contributed by atoms with E-state index in [0.717, 1.165) is 24.2 Å². The molecule has 7 heteroatoms. The predicted octanol–water partition coefficient (Wildman–Crippen LogP) is 3.55. The van der Waals surface area contributed by atoms with Crippen LogP contribution in [0.25, 0.3) is 5.57 Å². The molecule has 3 heterocycles. The molecular formula is C24H23N5O2. The minimum atomic E-state index is -0.220. The van der Waals surface area contributed by atoms with Gasteiger partial charge in [0.05, 0.1) is 22.9 Å². The van der Waals surface area contributed by atoms with Gasteiger partial charge in [0.2, 0.25) is 0 Å². The lowest BCUT2D eigenvalue weighted by Crippen LogP contribution is -2.21. The van der Waals surface area contributed by atoms with Gasteiger partial charge in [-0.2, -0.15) is 5.26 Å². The second kappa shape index (κ2) is 8.25. The molecule has 0 aliphatic carbocycles. The van der Waals surface area contributed by atoms with Crippen molar-refractivity contribution < 1.29 is 9.63 Å². The number of rotatable bonds is 5. The molecule has 7 nitrogen and oxygen atoms in total. The summed E-state index contributed by atoms with van der Waals surface area (Å²) >= 11 is 0. The average Bonchev–Trinajstić information content (AvgIpc) is 3.50. The number of benzene rings is 2. The lowest BCUT2D eigenvalue weighted by Gasteiger charge is -2.13. The Kier molecular flexibility index (Phi) is 5.14. The predicted molar refractivity (Wildman–Crippen MR) is 120 cm³/mol. The molecule has 0 saturated carbocycles. The number of hydrogen-bond donors (Lipinski definition) is 2. The first kappa shape index (κ1) is 19.3. The third-order valence-electron chi connectivity index (χ3n) is 5.89. The molecule has 3 aliphatic heterocycles. The summed E-state index contributed by atoms with van der Waals surface area (Å²) in [6.45, 7) is 3.87. The van der Waals surface area contributed by atoms with E-state index in [1.165, 1.54) is 25.9 Å². The summed E-state index contributed by atoms with van der Waals surface area (Å²) in [6, 6.07) is 15.1. The summed E-state index contributed by atoms with van der Waals surface area (Å²) < 4.78 is 0.